The van der Waals surface area contributed by atoms with Gasteiger partial charge in [0.05, 0.1) is 28.2 Å². The van der Waals surface area contributed by atoms with Crippen LogP contribution in [0.2, 0.25) is 0 Å². The van der Waals surface area contributed by atoms with Crippen LogP contribution in [-0.4, -0.2) is 4.21 Å². The predicted molar refractivity (Wildman–Crippen MR) is 76.4 cm³/mol. The summed E-state index contributed by atoms with van der Waals surface area (Å²) in [6.07, 6.45) is 1.87. The lowest BCUT2D eigenvalue weighted by Crippen LogP contribution is -1.91. The van der Waals surface area contributed by atoms with Gasteiger partial charge in [-0.15, -0.1) is 0 Å². The van der Waals surface area contributed by atoms with E-state index < -0.39 is 10.8 Å². The first-order valence-corrected chi connectivity index (χ1v) is 7.67. The van der Waals surface area contributed by atoms with Crippen LogP contribution in [0.3, 0.4) is 0 Å². The Morgan fingerprint density at radius 3 is 2.67 bits per heavy atom. The Kier molecular flexibility index (Phi) is 4.46. The second-order valence-corrected chi connectivity index (χ2v) is 5.80. The monoisotopic (exact) mass is 273 g/mol. The molecule has 4 heteroatoms. The van der Waals surface area contributed by atoms with Crippen LogP contribution in [0.4, 0.5) is 0 Å². The maximum Gasteiger partial charge on any atom is 0.0991 e. The van der Waals surface area contributed by atoms with E-state index in [0.29, 0.717) is 11.3 Å². The van der Waals surface area contributed by atoms with E-state index in [-0.39, 0.29) is 0 Å². The summed E-state index contributed by atoms with van der Waals surface area (Å²) in [4.78, 5) is 0. The lowest BCUT2D eigenvalue weighted by atomic mass is 10.2. The molecule has 18 heavy (non-hydrogen) atoms. The molecular formula is C14H11NOS2. The Labute approximate surface area is 113 Å². The van der Waals surface area contributed by atoms with Crippen molar-refractivity contribution in [1.29, 1.82) is 5.26 Å². The summed E-state index contributed by atoms with van der Waals surface area (Å²) in [5.41, 5.74) is 2.67. The fourth-order valence-electron chi connectivity index (χ4n) is 1.41. The lowest BCUT2D eigenvalue weighted by molar-refractivity contribution is 0.688. The van der Waals surface area contributed by atoms with Crippen molar-refractivity contribution in [2.24, 2.45) is 0 Å². The van der Waals surface area contributed by atoms with Crippen molar-refractivity contribution in [1.82, 2.24) is 0 Å². The smallest absolute Gasteiger partial charge is 0.0991 e. The third kappa shape index (κ3) is 3.66. The van der Waals surface area contributed by atoms with Gasteiger partial charge in [0.25, 0.3) is 0 Å². The van der Waals surface area contributed by atoms with Crippen molar-refractivity contribution >= 4 is 28.2 Å². The van der Waals surface area contributed by atoms with E-state index in [9.17, 15) is 4.21 Å². The molecule has 0 aliphatic rings. The average molecular weight is 273 g/mol. The summed E-state index contributed by atoms with van der Waals surface area (Å²) < 4.78 is 11.8. The second kappa shape index (κ2) is 6.29. The summed E-state index contributed by atoms with van der Waals surface area (Å²) in [5, 5.41) is 14.4. The third-order valence-corrected chi connectivity index (χ3v) is 4.11. The molecule has 0 radical (unpaired) electrons. The summed E-state index contributed by atoms with van der Waals surface area (Å²) >= 11 is 1.62. The standard InChI is InChI=1S/C14H11NOS2/c15-9-12-1-3-14(4-2-12)11-18(16)8-6-13-5-7-17-10-13/h1-8,10H,11H2. The molecule has 1 unspecified atom stereocenters. The zero-order valence-electron chi connectivity index (χ0n) is 9.58. The fourth-order valence-corrected chi connectivity index (χ4v) is 2.97. The molecule has 2 nitrogen and oxygen atoms in total. The minimum absolute atomic E-state index is 0.479. The van der Waals surface area contributed by atoms with Crippen LogP contribution in [0, 0.1) is 11.3 Å². The molecule has 1 heterocycles. The number of hydrogen-bond acceptors (Lipinski definition) is 3. The van der Waals surface area contributed by atoms with Crippen LogP contribution in [0.1, 0.15) is 16.7 Å². The van der Waals surface area contributed by atoms with Crippen LogP contribution in [-0.2, 0) is 16.6 Å². The Hall–Kier alpha value is -1.70. The fraction of sp³-hybridized carbons (Fsp3) is 0.0714. The van der Waals surface area contributed by atoms with Crippen molar-refractivity contribution in [3.8, 4) is 6.07 Å². The van der Waals surface area contributed by atoms with Crippen molar-refractivity contribution in [2.45, 2.75) is 5.75 Å². The van der Waals surface area contributed by atoms with Gasteiger partial charge in [0.2, 0.25) is 0 Å². The van der Waals surface area contributed by atoms with Gasteiger partial charge >= 0.3 is 0 Å². The van der Waals surface area contributed by atoms with Gasteiger partial charge in [0.1, 0.15) is 0 Å². The summed E-state index contributed by atoms with van der Waals surface area (Å²) in [5.74, 6) is 0.479. The number of hydrogen-bond donors (Lipinski definition) is 0. The van der Waals surface area contributed by atoms with E-state index >= 15 is 0 Å². The first-order valence-electron chi connectivity index (χ1n) is 5.34. The Bertz CT molecular complexity index is 592. The third-order valence-electron chi connectivity index (χ3n) is 2.35. The molecule has 0 aliphatic carbocycles. The summed E-state index contributed by atoms with van der Waals surface area (Å²) in [7, 11) is -1.02. The van der Waals surface area contributed by atoms with Gasteiger partial charge in [-0.25, -0.2) is 0 Å². The van der Waals surface area contributed by atoms with Crippen molar-refractivity contribution in [3.05, 3.63) is 63.2 Å². The van der Waals surface area contributed by atoms with Crippen molar-refractivity contribution in [3.63, 3.8) is 0 Å². The van der Waals surface area contributed by atoms with E-state index in [1.54, 1.807) is 28.9 Å². The van der Waals surface area contributed by atoms with E-state index in [1.165, 1.54) is 0 Å². The highest BCUT2D eigenvalue weighted by Gasteiger charge is 1.98. The first kappa shape index (κ1) is 12.7. The molecule has 0 N–H and O–H groups in total. The molecule has 1 aromatic carbocycles. The number of benzene rings is 1. The zero-order valence-corrected chi connectivity index (χ0v) is 11.2. The summed E-state index contributed by atoms with van der Waals surface area (Å²) in [6.45, 7) is 0. The molecule has 0 saturated heterocycles. The maximum atomic E-state index is 11.8. The van der Waals surface area contributed by atoms with Gasteiger partial charge in [0, 0.05) is 5.41 Å². The van der Waals surface area contributed by atoms with Gasteiger partial charge in [0.15, 0.2) is 0 Å². The minimum Gasteiger partial charge on any atom is -0.255 e. The minimum atomic E-state index is -1.02. The Balaban J connectivity index is 1.97. The van der Waals surface area contributed by atoms with E-state index in [4.69, 9.17) is 5.26 Å². The number of nitrogens with zero attached hydrogens (tertiary/aromatic N) is 1. The quantitative estimate of drug-likeness (QED) is 0.855. The van der Waals surface area contributed by atoms with Crippen LogP contribution in [0.5, 0.6) is 0 Å². The molecule has 2 aromatic rings. The van der Waals surface area contributed by atoms with Crippen LogP contribution < -0.4 is 0 Å². The molecular weight excluding hydrogens is 262 g/mol. The van der Waals surface area contributed by atoms with Crippen molar-refractivity contribution in [2.75, 3.05) is 0 Å². The largest absolute Gasteiger partial charge is 0.255 e. The molecule has 0 aliphatic heterocycles. The van der Waals surface area contributed by atoms with Gasteiger partial charge in [-0.1, -0.05) is 12.1 Å². The van der Waals surface area contributed by atoms with Gasteiger partial charge in [-0.05, 0) is 46.2 Å². The number of thiophene rings is 1. The first-order chi connectivity index (χ1) is 8.78. The Morgan fingerprint density at radius 2 is 2.06 bits per heavy atom. The SMILES string of the molecule is N#Cc1ccc(CS(=O)C=Cc2ccsc2)cc1. The van der Waals surface area contributed by atoms with Crippen LogP contribution in [0.15, 0.2) is 46.5 Å². The highest BCUT2D eigenvalue weighted by Crippen LogP contribution is 2.10. The molecule has 0 saturated carbocycles. The molecule has 0 fully saturated rings. The van der Waals surface area contributed by atoms with Crippen molar-refractivity contribution < 1.29 is 4.21 Å². The normalized spacial score (nSPS) is 12.4. The molecule has 90 valence electrons. The molecule has 2 rings (SSSR count). The number of rotatable bonds is 4. The second-order valence-electron chi connectivity index (χ2n) is 3.69. The Morgan fingerprint density at radius 1 is 1.28 bits per heavy atom. The summed E-state index contributed by atoms with van der Waals surface area (Å²) in [6, 6.07) is 11.2. The van der Waals surface area contributed by atoms with Crippen LogP contribution in [0.25, 0.3) is 6.08 Å². The molecule has 1 aromatic heterocycles. The van der Waals surface area contributed by atoms with E-state index in [2.05, 4.69) is 6.07 Å². The maximum absolute atomic E-state index is 11.8. The highest BCUT2D eigenvalue weighted by atomic mass is 32.2. The zero-order chi connectivity index (χ0) is 12.8. The predicted octanol–water partition coefficient (Wildman–Crippen LogP) is 3.54. The molecule has 0 amide bonds. The van der Waals surface area contributed by atoms with Crippen LogP contribution >= 0.6 is 11.3 Å². The molecule has 0 bridgehead atoms. The highest BCUT2D eigenvalue weighted by molar-refractivity contribution is 7.87. The van der Waals surface area contributed by atoms with E-state index in [0.717, 1.165) is 11.1 Å². The molecule has 0 spiro atoms. The van der Waals surface area contributed by atoms with Gasteiger partial charge in [-0.3, -0.25) is 4.21 Å². The van der Waals surface area contributed by atoms with Gasteiger partial charge < -0.3 is 0 Å². The topological polar surface area (TPSA) is 40.9 Å². The number of nitriles is 1. The van der Waals surface area contributed by atoms with E-state index in [1.807, 2.05) is 35.0 Å². The average Bonchev–Trinajstić information content (AvgIpc) is 2.90. The molecule has 1 atom stereocenters. The van der Waals surface area contributed by atoms with Gasteiger partial charge in [-0.2, -0.15) is 16.6 Å². The lowest BCUT2D eigenvalue weighted by Gasteiger charge is -1.98.